The van der Waals surface area contributed by atoms with Crippen molar-refractivity contribution in [2.45, 2.75) is 4.90 Å². The topological polar surface area (TPSA) is 55.8 Å². The van der Waals surface area contributed by atoms with E-state index in [-0.39, 0.29) is 12.5 Å². The van der Waals surface area contributed by atoms with Crippen molar-refractivity contribution in [2.75, 3.05) is 24.9 Å². The van der Waals surface area contributed by atoms with Gasteiger partial charge in [0.2, 0.25) is 0 Å². The van der Waals surface area contributed by atoms with Gasteiger partial charge < -0.3 is 9.47 Å². The minimum atomic E-state index is -0.446. The van der Waals surface area contributed by atoms with E-state index in [2.05, 4.69) is 4.74 Å². The van der Waals surface area contributed by atoms with Crippen molar-refractivity contribution in [3.8, 4) is 5.75 Å². The first-order chi connectivity index (χ1) is 13.5. The maximum Gasteiger partial charge on any atom is 0.343 e. The number of methoxy groups -OCH3 is 1. The molecule has 2 aromatic carbocycles. The number of esters is 1. The number of carbonyl (C=O) groups excluding carboxylic acids is 2. The molecule has 0 N–H and O–H groups in total. The molecule has 0 aliphatic carbocycles. The van der Waals surface area contributed by atoms with Gasteiger partial charge in [-0.2, -0.15) is 0 Å². The fourth-order valence-electron chi connectivity index (χ4n) is 2.45. The number of thioether (sulfide) groups is 2. The molecule has 0 radical (unpaired) electrons. The molecule has 0 unspecified atom stereocenters. The first-order valence-corrected chi connectivity index (χ1v) is 10.7. The number of hydrogen-bond acceptors (Lipinski definition) is 7. The van der Waals surface area contributed by atoms with Gasteiger partial charge >= 0.3 is 5.97 Å². The highest BCUT2D eigenvalue weighted by Crippen LogP contribution is 2.37. The number of anilines is 1. The van der Waals surface area contributed by atoms with Crippen LogP contribution in [0.5, 0.6) is 5.75 Å². The molecule has 0 bridgehead atoms. The Morgan fingerprint density at radius 2 is 2.00 bits per heavy atom. The van der Waals surface area contributed by atoms with Crippen LogP contribution < -0.4 is 9.64 Å². The van der Waals surface area contributed by atoms with Gasteiger partial charge in [-0.15, -0.1) is 11.8 Å². The Balaban J connectivity index is 1.75. The van der Waals surface area contributed by atoms with Crippen molar-refractivity contribution in [1.29, 1.82) is 0 Å². The summed E-state index contributed by atoms with van der Waals surface area (Å²) in [7, 11) is 1.31. The molecule has 3 rings (SSSR count). The van der Waals surface area contributed by atoms with Crippen LogP contribution in [0.25, 0.3) is 6.08 Å². The first kappa shape index (κ1) is 20.4. The van der Waals surface area contributed by atoms with E-state index >= 15 is 0 Å². The molecule has 1 fully saturated rings. The van der Waals surface area contributed by atoms with E-state index in [1.807, 2.05) is 42.7 Å². The molecule has 0 aromatic heterocycles. The second kappa shape index (κ2) is 9.27. The minimum Gasteiger partial charge on any atom is -0.482 e. The van der Waals surface area contributed by atoms with Crippen molar-refractivity contribution in [3.05, 3.63) is 59.0 Å². The number of thiocarbonyl (C=S) groups is 1. The van der Waals surface area contributed by atoms with Crippen LogP contribution in [-0.2, 0) is 14.3 Å². The van der Waals surface area contributed by atoms with Crippen LogP contribution in [-0.4, -0.2) is 36.2 Å². The standard InChI is InChI=1S/C20H17NO4S3/c1-24-18(22)12-25-15-8-6-13(7-9-15)10-17-19(23)21(20(26)28-17)14-4-3-5-16(11-14)27-2/h3-11H,12H2,1-2H3/b17-10-. The molecule has 1 amide bonds. The van der Waals surface area contributed by atoms with E-state index in [1.165, 1.54) is 18.9 Å². The Labute approximate surface area is 177 Å². The molecule has 0 spiro atoms. The Kier molecular flexibility index (Phi) is 6.77. The van der Waals surface area contributed by atoms with Crippen LogP contribution in [0.4, 0.5) is 5.69 Å². The van der Waals surface area contributed by atoms with Crippen LogP contribution >= 0.6 is 35.7 Å². The molecule has 144 valence electrons. The molecule has 1 aliphatic heterocycles. The molecule has 8 heteroatoms. The number of nitrogens with zero attached hydrogens (tertiary/aromatic N) is 1. The second-order valence-corrected chi connectivity index (χ2v) is 8.21. The zero-order valence-electron chi connectivity index (χ0n) is 15.2. The molecule has 28 heavy (non-hydrogen) atoms. The number of rotatable bonds is 6. The van der Waals surface area contributed by atoms with E-state index in [1.54, 1.807) is 34.9 Å². The lowest BCUT2D eigenvalue weighted by Gasteiger charge is -2.15. The quantitative estimate of drug-likeness (QED) is 0.291. The fourth-order valence-corrected chi connectivity index (χ4v) is 4.20. The van der Waals surface area contributed by atoms with Crippen LogP contribution in [0.1, 0.15) is 5.56 Å². The van der Waals surface area contributed by atoms with Gasteiger partial charge in [0.25, 0.3) is 5.91 Å². The normalized spacial score (nSPS) is 15.2. The third-order valence-corrected chi connectivity index (χ3v) is 5.89. The van der Waals surface area contributed by atoms with E-state index in [9.17, 15) is 9.59 Å². The average molecular weight is 432 g/mol. The Morgan fingerprint density at radius 3 is 2.68 bits per heavy atom. The van der Waals surface area contributed by atoms with Gasteiger partial charge in [0.1, 0.15) is 5.75 Å². The van der Waals surface area contributed by atoms with Crippen LogP contribution in [0.15, 0.2) is 58.3 Å². The number of ether oxygens (including phenoxy) is 2. The molecule has 0 saturated carbocycles. The largest absolute Gasteiger partial charge is 0.482 e. The summed E-state index contributed by atoms with van der Waals surface area (Å²) in [5.74, 6) is -0.0402. The van der Waals surface area contributed by atoms with Crippen LogP contribution in [0.2, 0.25) is 0 Å². The Bertz CT molecular complexity index is 941. The predicted octanol–water partition coefficient (Wildman–Crippen LogP) is 4.37. The van der Waals surface area contributed by atoms with Gasteiger partial charge in [0.05, 0.1) is 17.7 Å². The molecule has 5 nitrogen and oxygen atoms in total. The van der Waals surface area contributed by atoms with E-state index < -0.39 is 5.97 Å². The lowest BCUT2D eigenvalue weighted by Crippen LogP contribution is -2.27. The zero-order valence-corrected chi connectivity index (χ0v) is 17.7. The molecule has 1 heterocycles. The number of carbonyl (C=O) groups is 2. The molecular weight excluding hydrogens is 414 g/mol. The summed E-state index contributed by atoms with van der Waals surface area (Å²) in [6.07, 6.45) is 3.78. The summed E-state index contributed by atoms with van der Waals surface area (Å²) < 4.78 is 10.4. The molecular formula is C20H17NO4S3. The highest BCUT2D eigenvalue weighted by Gasteiger charge is 2.33. The first-order valence-electron chi connectivity index (χ1n) is 8.23. The third kappa shape index (κ3) is 4.76. The van der Waals surface area contributed by atoms with E-state index in [4.69, 9.17) is 17.0 Å². The summed E-state index contributed by atoms with van der Waals surface area (Å²) in [6.45, 7) is -0.149. The highest BCUT2D eigenvalue weighted by molar-refractivity contribution is 8.27. The van der Waals surface area contributed by atoms with Crippen molar-refractivity contribution in [2.24, 2.45) is 0 Å². The molecule has 1 saturated heterocycles. The van der Waals surface area contributed by atoms with Gasteiger partial charge in [-0.05, 0) is 48.2 Å². The highest BCUT2D eigenvalue weighted by atomic mass is 32.2. The van der Waals surface area contributed by atoms with Crippen molar-refractivity contribution < 1.29 is 19.1 Å². The summed E-state index contributed by atoms with van der Waals surface area (Å²) >= 11 is 8.31. The lowest BCUT2D eigenvalue weighted by atomic mass is 10.2. The van der Waals surface area contributed by atoms with Gasteiger partial charge in [-0.3, -0.25) is 9.69 Å². The van der Waals surface area contributed by atoms with Crippen LogP contribution in [0.3, 0.4) is 0 Å². The average Bonchev–Trinajstić information content (AvgIpc) is 3.00. The number of amides is 1. The fraction of sp³-hybridized carbons (Fsp3) is 0.150. The Morgan fingerprint density at radius 1 is 1.25 bits per heavy atom. The summed E-state index contributed by atoms with van der Waals surface area (Å²) in [5, 5.41) is 0. The van der Waals surface area contributed by atoms with Gasteiger partial charge in [0.15, 0.2) is 10.9 Å². The molecule has 0 atom stereocenters. The maximum absolute atomic E-state index is 12.9. The lowest BCUT2D eigenvalue weighted by molar-refractivity contribution is -0.142. The SMILES string of the molecule is COC(=O)COc1ccc(/C=C2\SC(=S)N(c3cccc(SC)c3)C2=O)cc1. The monoisotopic (exact) mass is 431 g/mol. The van der Waals surface area contributed by atoms with Gasteiger partial charge in [0, 0.05) is 4.90 Å². The number of hydrogen-bond donors (Lipinski definition) is 0. The summed E-state index contributed by atoms with van der Waals surface area (Å²) in [6, 6.07) is 14.8. The number of benzene rings is 2. The van der Waals surface area contributed by atoms with E-state index in [0.717, 1.165) is 16.1 Å². The molecule has 2 aromatic rings. The van der Waals surface area contributed by atoms with Crippen molar-refractivity contribution >= 4 is 63.7 Å². The zero-order chi connectivity index (χ0) is 20.1. The predicted molar refractivity (Wildman–Crippen MR) is 118 cm³/mol. The second-order valence-electron chi connectivity index (χ2n) is 5.65. The van der Waals surface area contributed by atoms with E-state index in [0.29, 0.717) is 15.0 Å². The smallest absolute Gasteiger partial charge is 0.343 e. The van der Waals surface area contributed by atoms with Gasteiger partial charge in [-0.1, -0.05) is 42.2 Å². The summed E-state index contributed by atoms with van der Waals surface area (Å²) in [5.41, 5.74) is 1.60. The Hall–Kier alpha value is -2.29. The van der Waals surface area contributed by atoms with Gasteiger partial charge in [-0.25, -0.2) is 4.79 Å². The molecule has 1 aliphatic rings. The van der Waals surface area contributed by atoms with Crippen LogP contribution in [0, 0.1) is 0 Å². The summed E-state index contributed by atoms with van der Waals surface area (Å²) in [4.78, 5) is 27.2. The third-order valence-electron chi connectivity index (χ3n) is 3.87. The van der Waals surface area contributed by atoms with Crippen molar-refractivity contribution in [3.63, 3.8) is 0 Å². The maximum atomic E-state index is 12.9. The minimum absolute atomic E-state index is 0.140. The van der Waals surface area contributed by atoms with Crippen molar-refractivity contribution in [1.82, 2.24) is 0 Å².